The Balaban J connectivity index is 1.77. The largest absolute Gasteiger partial charge is 0.494 e. The smallest absolute Gasteiger partial charge is 0.226 e. The van der Waals surface area contributed by atoms with E-state index in [0.29, 0.717) is 0 Å². The highest BCUT2D eigenvalue weighted by atomic mass is 16.7. The molecule has 4 heteroatoms. The van der Waals surface area contributed by atoms with E-state index in [9.17, 15) is 0 Å². The maximum absolute atomic E-state index is 6.21. The van der Waals surface area contributed by atoms with Gasteiger partial charge < -0.3 is 18.9 Å². The second-order valence-electron chi connectivity index (χ2n) is 9.12. The summed E-state index contributed by atoms with van der Waals surface area (Å²) < 4.78 is 23.3. The summed E-state index contributed by atoms with van der Waals surface area (Å²) in [5.41, 5.74) is 4.52. The summed E-state index contributed by atoms with van der Waals surface area (Å²) >= 11 is 0. The van der Waals surface area contributed by atoms with E-state index < -0.39 is 6.29 Å². The molecule has 1 unspecified atom stereocenters. The third kappa shape index (κ3) is 8.11. The van der Waals surface area contributed by atoms with Gasteiger partial charge in [0.2, 0.25) is 6.29 Å². The lowest BCUT2D eigenvalue weighted by atomic mass is 9.94. The molecule has 3 aromatic carbocycles. The summed E-state index contributed by atoms with van der Waals surface area (Å²) in [6, 6.07) is 25.0. The molecule has 0 N–H and O–H groups in total. The second kappa shape index (κ2) is 15.3. The molecule has 0 aliphatic carbocycles. The predicted molar refractivity (Wildman–Crippen MR) is 149 cm³/mol. The molecule has 0 radical (unpaired) electrons. The first-order valence-electron chi connectivity index (χ1n) is 13.3. The van der Waals surface area contributed by atoms with Gasteiger partial charge in [-0.3, -0.25) is 0 Å². The molecule has 0 amide bonds. The lowest BCUT2D eigenvalue weighted by molar-refractivity contribution is -0.139. The predicted octanol–water partition coefficient (Wildman–Crippen LogP) is 8.54. The molecule has 0 aliphatic rings. The van der Waals surface area contributed by atoms with Crippen molar-refractivity contribution in [3.05, 3.63) is 72.8 Å². The van der Waals surface area contributed by atoms with E-state index in [1.807, 2.05) is 12.1 Å². The van der Waals surface area contributed by atoms with Crippen LogP contribution in [-0.2, 0) is 9.47 Å². The maximum Gasteiger partial charge on any atom is 0.226 e. The minimum Gasteiger partial charge on any atom is -0.494 e. The van der Waals surface area contributed by atoms with Crippen molar-refractivity contribution in [3.8, 4) is 33.8 Å². The topological polar surface area (TPSA) is 36.9 Å². The van der Waals surface area contributed by atoms with Crippen LogP contribution in [-0.4, -0.2) is 33.2 Å². The molecule has 0 bridgehead atoms. The van der Waals surface area contributed by atoms with Gasteiger partial charge in [0.05, 0.1) is 6.61 Å². The molecule has 0 fully saturated rings. The fourth-order valence-corrected chi connectivity index (χ4v) is 4.39. The summed E-state index contributed by atoms with van der Waals surface area (Å²) in [6.07, 6.45) is 7.74. The minimum atomic E-state index is -0.479. The average Bonchev–Trinajstić information content (AvgIpc) is 2.93. The minimum absolute atomic E-state index is 0.143. The van der Waals surface area contributed by atoms with Crippen molar-refractivity contribution in [2.75, 3.05) is 20.8 Å². The molecular formula is C32H42O4. The normalized spacial score (nSPS) is 12.8. The van der Waals surface area contributed by atoms with Gasteiger partial charge in [0, 0.05) is 14.2 Å². The Labute approximate surface area is 217 Å². The third-order valence-electron chi connectivity index (χ3n) is 6.50. The zero-order chi connectivity index (χ0) is 25.6. The zero-order valence-electron chi connectivity index (χ0n) is 22.4. The Morgan fingerprint density at radius 2 is 1.31 bits per heavy atom. The number of ether oxygens (including phenoxy) is 4. The Kier molecular flexibility index (Phi) is 11.8. The van der Waals surface area contributed by atoms with E-state index in [0.717, 1.165) is 53.2 Å². The molecule has 0 aliphatic heterocycles. The van der Waals surface area contributed by atoms with Crippen LogP contribution < -0.4 is 9.47 Å². The van der Waals surface area contributed by atoms with Crippen LogP contribution in [0, 0.1) is 0 Å². The molecule has 0 saturated heterocycles. The summed E-state index contributed by atoms with van der Waals surface area (Å²) in [5, 5.41) is 0. The highest BCUT2D eigenvalue weighted by Gasteiger charge is 2.21. The molecule has 36 heavy (non-hydrogen) atoms. The van der Waals surface area contributed by atoms with Crippen LogP contribution in [0.3, 0.4) is 0 Å². The monoisotopic (exact) mass is 490 g/mol. The van der Waals surface area contributed by atoms with Gasteiger partial charge in [-0.25, -0.2) is 0 Å². The van der Waals surface area contributed by atoms with E-state index in [4.69, 9.17) is 18.9 Å². The van der Waals surface area contributed by atoms with Crippen molar-refractivity contribution in [3.63, 3.8) is 0 Å². The maximum atomic E-state index is 6.21. The van der Waals surface area contributed by atoms with Crippen LogP contribution >= 0.6 is 0 Å². The molecule has 4 nitrogen and oxygen atoms in total. The fraction of sp³-hybridized carbons (Fsp3) is 0.438. The zero-order valence-corrected chi connectivity index (χ0v) is 22.4. The fourth-order valence-electron chi connectivity index (χ4n) is 4.39. The van der Waals surface area contributed by atoms with Crippen molar-refractivity contribution in [1.29, 1.82) is 0 Å². The SMILES string of the molecule is CCCCCCCCOc1ccc(-c2cc(OC(OC)[C@H](CC)OC)ccc2-c2ccccc2)cc1. The van der Waals surface area contributed by atoms with E-state index in [-0.39, 0.29) is 6.10 Å². The van der Waals surface area contributed by atoms with Gasteiger partial charge >= 0.3 is 0 Å². The molecule has 0 saturated carbocycles. The molecular weight excluding hydrogens is 448 g/mol. The van der Waals surface area contributed by atoms with Gasteiger partial charge in [-0.05, 0) is 59.4 Å². The Hall–Kier alpha value is -2.82. The van der Waals surface area contributed by atoms with Crippen molar-refractivity contribution < 1.29 is 18.9 Å². The van der Waals surface area contributed by atoms with Crippen molar-refractivity contribution in [2.24, 2.45) is 0 Å². The van der Waals surface area contributed by atoms with Gasteiger partial charge in [0.15, 0.2) is 0 Å². The quantitative estimate of drug-likeness (QED) is 0.149. The molecule has 0 spiro atoms. The van der Waals surface area contributed by atoms with Gasteiger partial charge in [-0.15, -0.1) is 0 Å². The Morgan fingerprint density at radius 1 is 0.639 bits per heavy atom. The lowest BCUT2D eigenvalue weighted by Crippen LogP contribution is -2.34. The Bertz CT molecular complexity index is 996. The molecule has 0 aromatic heterocycles. The number of hydrogen-bond donors (Lipinski definition) is 0. The number of unbranched alkanes of at least 4 members (excludes halogenated alkanes) is 5. The van der Waals surface area contributed by atoms with Crippen LogP contribution in [0.2, 0.25) is 0 Å². The second-order valence-corrected chi connectivity index (χ2v) is 9.12. The summed E-state index contributed by atoms with van der Waals surface area (Å²) in [5.74, 6) is 1.65. The van der Waals surface area contributed by atoms with Crippen molar-refractivity contribution >= 4 is 0 Å². The number of rotatable bonds is 16. The van der Waals surface area contributed by atoms with Gasteiger partial charge in [0.25, 0.3) is 0 Å². The molecule has 3 rings (SSSR count). The van der Waals surface area contributed by atoms with Crippen molar-refractivity contribution in [1.82, 2.24) is 0 Å². The summed E-state index contributed by atoms with van der Waals surface area (Å²) in [4.78, 5) is 0. The van der Waals surface area contributed by atoms with E-state index in [2.05, 4.69) is 74.5 Å². The van der Waals surface area contributed by atoms with E-state index >= 15 is 0 Å². The first kappa shape index (κ1) is 27.8. The van der Waals surface area contributed by atoms with Crippen LogP contribution in [0.25, 0.3) is 22.3 Å². The highest BCUT2D eigenvalue weighted by molar-refractivity contribution is 5.84. The first-order valence-corrected chi connectivity index (χ1v) is 13.3. The number of methoxy groups -OCH3 is 2. The summed E-state index contributed by atoms with van der Waals surface area (Å²) in [6.45, 7) is 5.07. The first-order chi connectivity index (χ1) is 17.7. The number of benzene rings is 3. The standard InChI is InChI=1S/C32H42O4/c1-5-7-8-9-10-14-23-35-27-19-17-26(18-20-27)30-24-28(36-32(34-4)31(6-2)33-3)21-22-29(30)25-15-12-11-13-16-25/h11-13,15-22,24,31-32H,5-10,14,23H2,1-4H3/t31-,32?/m0/s1. The average molecular weight is 491 g/mol. The number of hydrogen-bond acceptors (Lipinski definition) is 4. The van der Waals surface area contributed by atoms with Gasteiger partial charge in [-0.2, -0.15) is 0 Å². The molecule has 0 heterocycles. The molecule has 3 aromatic rings. The lowest BCUT2D eigenvalue weighted by Gasteiger charge is -2.25. The van der Waals surface area contributed by atoms with Gasteiger partial charge in [0.1, 0.15) is 17.6 Å². The van der Waals surface area contributed by atoms with Crippen molar-refractivity contribution in [2.45, 2.75) is 71.2 Å². The highest BCUT2D eigenvalue weighted by Crippen LogP contribution is 2.36. The van der Waals surface area contributed by atoms with Crippen LogP contribution in [0.1, 0.15) is 58.8 Å². The van der Waals surface area contributed by atoms with Crippen LogP contribution in [0.4, 0.5) is 0 Å². The molecule has 194 valence electrons. The Morgan fingerprint density at radius 3 is 1.97 bits per heavy atom. The van der Waals surface area contributed by atoms with Crippen LogP contribution in [0.5, 0.6) is 11.5 Å². The third-order valence-corrected chi connectivity index (χ3v) is 6.50. The van der Waals surface area contributed by atoms with E-state index in [1.54, 1.807) is 14.2 Å². The summed E-state index contributed by atoms with van der Waals surface area (Å²) in [7, 11) is 3.33. The van der Waals surface area contributed by atoms with Gasteiger partial charge in [-0.1, -0.05) is 94.5 Å². The van der Waals surface area contributed by atoms with Crippen LogP contribution in [0.15, 0.2) is 72.8 Å². The van der Waals surface area contributed by atoms with E-state index in [1.165, 1.54) is 32.1 Å². The molecule has 2 atom stereocenters.